The molecule has 4 rings (SSSR count). The summed E-state index contributed by atoms with van der Waals surface area (Å²) in [5.74, 6) is 0.146. The monoisotopic (exact) mass is 446 g/mol. The lowest BCUT2D eigenvalue weighted by atomic mass is 9.87. The van der Waals surface area contributed by atoms with Crippen LogP contribution in [0.3, 0.4) is 0 Å². The number of nitriles is 1. The molecule has 1 aromatic carbocycles. The Morgan fingerprint density at radius 2 is 1.91 bits per heavy atom. The molecule has 2 aromatic heterocycles. The van der Waals surface area contributed by atoms with Crippen molar-refractivity contribution in [2.24, 2.45) is 0 Å². The highest BCUT2D eigenvalue weighted by Gasteiger charge is 2.41. The third-order valence-electron chi connectivity index (χ3n) is 5.94. The molecule has 1 unspecified atom stereocenters. The van der Waals surface area contributed by atoms with Crippen molar-refractivity contribution in [3.05, 3.63) is 65.6 Å². The Morgan fingerprint density at radius 3 is 2.61 bits per heavy atom. The molecule has 1 fully saturated rings. The highest BCUT2D eigenvalue weighted by molar-refractivity contribution is 5.98. The summed E-state index contributed by atoms with van der Waals surface area (Å²) in [6.07, 6.45) is 5.51. The molecule has 0 aliphatic carbocycles. The van der Waals surface area contributed by atoms with E-state index in [1.54, 1.807) is 68.5 Å². The van der Waals surface area contributed by atoms with Gasteiger partial charge in [-0.15, -0.1) is 0 Å². The van der Waals surface area contributed by atoms with Gasteiger partial charge in [-0.2, -0.15) is 20.3 Å². The van der Waals surface area contributed by atoms with E-state index in [9.17, 15) is 15.2 Å². The second kappa shape index (κ2) is 9.00. The van der Waals surface area contributed by atoms with Gasteiger partial charge in [0.25, 0.3) is 5.91 Å². The standard InChI is InChI=1S/C24H26N6O3/c1-16-17(14-25)10-11-26-22(16)33-18-8-9-21(24(2,3)32)29(15-18)23(31)19-6-4-5-7-20(19)30-27-12-13-28-30/h4-7,10-13,18,21,32H,8-9,15H2,1-3H3/t18-,21?/m1/s1. The maximum atomic E-state index is 13.8. The van der Waals surface area contributed by atoms with E-state index < -0.39 is 11.6 Å². The van der Waals surface area contributed by atoms with Crippen LogP contribution in [0.5, 0.6) is 5.88 Å². The topological polar surface area (TPSA) is 117 Å². The number of amides is 1. The van der Waals surface area contributed by atoms with Crippen molar-refractivity contribution in [1.82, 2.24) is 24.9 Å². The number of para-hydroxylation sites is 1. The minimum absolute atomic E-state index is 0.237. The molecule has 2 atom stereocenters. The number of benzene rings is 1. The van der Waals surface area contributed by atoms with E-state index in [2.05, 4.69) is 21.3 Å². The summed E-state index contributed by atoms with van der Waals surface area (Å²) in [5.41, 5.74) is 1.05. The van der Waals surface area contributed by atoms with E-state index in [-0.39, 0.29) is 18.6 Å². The van der Waals surface area contributed by atoms with Crippen molar-refractivity contribution in [2.45, 2.75) is 51.4 Å². The summed E-state index contributed by atoms with van der Waals surface area (Å²) in [6.45, 7) is 5.48. The van der Waals surface area contributed by atoms with Crippen LogP contribution < -0.4 is 4.74 Å². The number of aliphatic hydroxyl groups is 1. The lowest BCUT2D eigenvalue weighted by Crippen LogP contribution is -2.58. The maximum Gasteiger partial charge on any atom is 0.256 e. The van der Waals surface area contributed by atoms with Gasteiger partial charge in [0.15, 0.2) is 0 Å². The van der Waals surface area contributed by atoms with E-state index in [0.717, 1.165) is 0 Å². The number of carbonyl (C=O) groups excluding carboxylic acids is 1. The molecule has 1 aliphatic heterocycles. The SMILES string of the molecule is Cc1c(C#N)ccnc1O[C@@H]1CCC(C(C)(C)O)N(C(=O)c2ccccc2-n2nccn2)C1. The molecule has 9 nitrogen and oxygen atoms in total. The first-order valence-corrected chi connectivity index (χ1v) is 10.8. The first-order valence-electron chi connectivity index (χ1n) is 10.8. The van der Waals surface area contributed by atoms with Crippen molar-refractivity contribution >= 4 is 5.91 Å². The van der Waals surface area contributed by atoms with Gasteiger partial charge >= 0.3 is 0 Å². The highest BCUT2D eigenvalue weighted by Crippen LogP contribution is 2.31. The molecule has 1 aliphatic rings. The van der Waals surface area contributed by atoms with Gasteiger partial charge in [-0.1, -0.05) is 12.1 Å². The van der Waals surface area contributed by atoms with Gasteiger partial charge in [-0.3, -0.25) is 4.79 Å². The fraction of sp³-hybridized carbons (Fsp3) is 0.375. The first-order chi connectivity index (χ1) is 15.8. The number of rotatable bonds is 5. The Balaban J connectivity index is 1.65. The molecule has 0 radical (unpaired) electrons. The van der Waals surface area contributed by atoms with Crippen molar-refractivity contribution < 1.29 is 14.6 Å². The average molecular weight is 447 g/mol. The fourth-order valence-corrected chi connectivity index (χ4v) is 4.23. The second-order valence-corrected chi connectivity index (χ2v) is 8.68. The molecule has 3 aromatic rings. The molecule has 33 heavy (non-hydrogen) atoms. The summed E-state index contributed by atoms with van der Waals surface area (Å²) >= 11 is 0. The van der Waals surface area contributed by atoms with E-state index in [1.165, 1.54) is 4.80 Å². The van der Waals surface area contributed by atoms with E-state index in [1.807, 2.05) is 6.07 Å². The Morgan fingerprint density at radius 1 is 1.18 bits per heavy atom. The molecule has 1 N–H and O–H groups in total. The molecule has 9 heteroatoms. The lowest BCUT2D eigenvalue weighted by molar-refractivity contribution is -0.0481. The zero-order valence-electron chi connectivity index (χ0n) is 18.8. The molecule has 1 saturated heterocycles. The number of pyridine rings is 1. The Hall–Kier alpha value is -3.77. The summed E-state index contributed by atoms with van der Waals surface area (Å²) in [7, 11) is 0. The third kappa shape index (κ3) is 4.56. The smallest absolute Gasteiger partial charge is 0.256 e. The maximum absolute atomic E-state index is 13.8. The zero-order valence-corrected chi connectivity index (χ0v) is 18.8. The number of carbonyl (C=O) groups is 1. The normalized spacial score (nSPS) is 18.6. The highest BCUT2D eigenvalue weighted by atomic mass is 16.5. The van der Waals surface area contributed by atoms with Crippen molar-refractivity contribution in [2.75, 3.05) is 6.54 Å². The lowest BCUT2D eigenvalue weighted by Gasteiger charge is -2.44. The molecule has 170 valence electrons. The van der Waals surface area contributed by atoms with Crippen LogP contribution in [0.4, 0.5) is 0 Å². The van der Waals surface area contributed by atoms with Crippen LogP contribution in [0.1, 0.15) is 48.2 Å². The van der Waals surface area contributed by atoms with Crippen LogP contribution in [0.15, 0.2) is 48.9 Å². The van der Waals surface area contributed by atoms with Crippen LogP contribution >= 0.6 is 0 Å². The number of piperidine rings is 1. The quantitative estimate of drug-likeness (QED) is 0.640. The Kier molecular flexibility index (Phi) is 6.11. The molecular formula is C24H26N6O3. The van der Waals surface area contributed by atoms with Gasteiger partial charge in [-0.25, -0.2) is 4.98 Å². The van der Waals surface area contributed by atoms with E-state index in [0.29, 0.717) is 41.1 Å². The summed E-state index contributed by atoms with van der Waals surface area (Å²) in [6, 6.07) is 10.5. The average Bonchev–Trinajstić information content (AvgIpc) is 3.34. The van der Waals surface area contributed by atoms with Gasteiger partial charge in [0.1, 0.15) is 6.10 Å². The number of hydrogen-bond donors (Lipinski definition) is 1. The van der Waals surface area contributed by atoms with E-state index in [4.69, 9.17) is 4.74 Å². The summed E-state index contributed by atoms with van der Waals surface area (Å²) in [5, 5.41) is 28.5. The number of hydrogen-bond acceptors (Lipinski definition) is 7. The molecule has 1 amide bonds. The van der Waals surface area contributed by atoms with Crippen molar-refractivity contribution in [3.63, 3.8) is 0 Å². The molecular weight excluding hydrogens is 420 g/mol. The van der Waals surface area contributed by atoms with Crippen molar-refractivity contribution in [1.29, 1.82) is 5.26 Å². The number of nitrogens with zero attached hydrogens (tertiary/aromatic N) is 6. The minimum Gasteiger partial charge on any atom is -0.472 e. The van der Waals surface area contributed by atoms with Gasteiger partial charge in [0.2, 0.25) is 5.88 Å². The number of aromatic nitrogens is 4. The molecule has 0 spiro atoms. The molecule has 0 bridgehead atoms. The predicted octanol–water partition coefficient (Wildman–Crippen LogP) is 2.67. The predicted molar refractivity (Wildman–Crippen MR) is 120 cm³/mol. The van der Waals surface area contributed by atoms with Crippen LogP contribution in [0.2, 0.25) is 0 Å². The van der Waals surface area contributed by atoms with Gasteiger partial charge in [0.05, 0.1) is 53.5 Å². The summed E-state index contributed by atoms with van der Waals surface area (Å²) in [4.78, 5) is 21.1. The van der Waals surface area contributed by atoms with Crippen molar-refractivity contribution in [3.8, 4) is 17.6 Å². The van der Waals surface area contributed by atoms with Crippen LogP contribution in [-0.2, 0) is 0 Å². The van der Waals surface area contributed by atoms with Gasteiger partial charge in [-0.05, 0) is 51.8 Å². The van der Waals surface area contributed by atoms with Crippen LogP contribution in [0.25, 0.3) is 5.69 Å². The number of likely N-dealkylation sites (tertiary alicyclic amines) is 1. The number of ether oxygens (including phenoxy) is 1. The van der Waals surface area contributed by atoms with Crippen LogP contribution in [0, 0.1) is 18.3 Å². The first kappa shape index (κ1) is 22.4. The second-order valence-electron chi connectivity index (χ2n) is 8.68. The van der Waals surface area contributed by atoms with Crippen LogP contribution in [-0.4, -0.2) is 60.2 Å². The van der Waals surface area contributed by atoms with Gasteiger partial charge < -0.3 is 14.7 Å². The van der Waals surface area contributed by atoms with Gasteiger partial charge in [0, 0.05) is 11.8 Å². The minimum atomic E-state index is -1.10. The Bertz CT molecular complexity index is 1180. The summed E-state index contributed by atoms with van der Waals surface area (Å²) < 4.78 is 6.14. The largest absolute Gasteiger partial charge is 0.472 e. The fourth-order valence-electron chi connectivity index (χ4n) is 4.23. The molecule has 0 saturated carbocycles. The van der Waals surface area contributed by atoms with E-state index >= 15 is 0 Å². The third-order valence-corrected chi connectivity index (χ3v) is 5.94. The molecule has 3 heterocycles. The zero-order chi connectivity index (χ0) is 23.6. The Labute approximate surface area is 192 Å².